The summed E-state index contributed by atoms with van der Waals surface area (Å²) < 4.78 is 68.2. The number of rotatable bonds is 8. The standard InChI is InChI=1S/C30H35F5N8O4/c1-3-18-14-19(4-5-20(18)27(45)41-10-12-42(13-11-41)28(46)29(47)6-8-36-9-7-29)38-26(44)25-37-15-22(40(25)2)21-16-43(17-23(31)32)39-24(21)30(33,34)35/h4-5,14-16,23,36,47H,3,6-13,17H2,1-2H3,(H,38,44). The number of alkyl halides is 5. The lowest BCUT2D eigenvalue weighted by Crippen LogP contribution is -2.59. The number of amides is 3. The third-order valence-electron chi connectivity index (χ3n) is 8.48. The minimum Gasteiger partial charge on any atom is -0.380 e. The molecule has 0 spiro atoms. The number of hydrogen-bond acceptors (Lipinski definition) is 7. The van der Waals surface area contributed by atoms with Crippen molar-refractivity contribution < 1.29 is 41.4 Å². The lowest BCUT2D eigenvalue weighted by molar-refractivity contribution is -0.155. The molecule has 17 heteroatoms. The summed E-state index contributed by atoms with van der Waals surface area (Å²) in [6.07, 6.45) is -4.87. The predicted octanol–water partition coefficient (Wildman–Crippen LogP) is 2.78. The van der Waals surface area contributed by atoms with Crippen molar-refractivity contribution in [1.82, 2.24) is 34.4 Å². The minimum absolute atomic E-state index is 0.148. The molecule has 3 amide bonds. The molecule has 2 aliphatic rings. The molecule has 0 aliphatic carbocycles. The maximum Gasteiger partial charge on any atom is 0.435 e. The van der Waals surface area contributed by atoms with Crippen LogP contribution in [0.1, 0.15) is 52.0 Å². The predicted molar refractivity (Wildman–Crippen MR) is 159 cm³/mol. The van der Waals surface area contributed by atoms with E-state index < -0.39 is 41.9 Å². The highest BCUT2D eigenvalue weighted by molar-refractivity contribution is 6.03. The van der Waals surface area contributed by atoms with Crippen LogP contribution < -0.4 is 10.6 Å². The van der Waals surface area contributed by atoms with Crippen molar-refractivity contribution in [2.45, 2.75) is 50.9 Å². The van der Waals surface area contributed by atoms with Gasteiger partial charge in [-0.05, 0) is 56.1 Å². The summed E-state index contributed by atoms with van der Waals surface area (Å²) in [4.78, 5) is 46.8. The van der Waals surface area contributed by atoms with E-state index in [-0.39, 0.29) is 23.3 Å². The third kappa shape index (κ3) is 7.15. The second kappa shape index (κ2) is 13.4. The summed E-state index contributed by atoms with van der Waals surface area (Å²) in [6, 6.07) is 4.72. The summed E-state index contributed by atoms with van der Waals surface area (Å²) in [6.45, 7) is 3.08. The molecule has 2 fully saturated rings. The van der Waals surface area contributed by atoms with E-state index >= 15 is 0 Å². The summed E-state index contributed by atoms with van der Waals surface area (Å²) in [5.41, 5.74) is -2.05. The zero-order valence-corrected chi connectivity index (χ0v) is 25.8. The Morgan fingerprint density at radius 3 is 2.36 bits per heavy atom. The minimum atomic E-state index is -4.94. The molecule has 2 aliphatic heterocycles. The molecule has 12 nitrogen and oxygen atoms in total. The van der Waals surface area contributed by atoms with Gasteiger partial charge in [0.1, 0.15) is 12.1 Å². The number of hydrogen-bond donors (Lipinski definition) is 3. The summed E-state index contributed by atoms with van der Waals surface area (Å²) >= 11 is 0. The molecule has 0 radical (unpaired) electrons. The van der Waals surface area contributed by atoms with E-state index in [9.17, 15) is 41.4 Å². The fourth-order valence-electron chi connectivity index (χ4n) is 5.92. The number of nitrogens with one attached hydrogen (secondary N) is 2. The van der Waals surface area contributed by atoms with Crippen LogP contribution in [0.3, 0.4) is 0 Å². The van der Waals surface area contributed by atoms with E-state index in [4.69, 9.17) is 0 Å². The second-order valence-electron chi connectivity index (χ2n) is 11.6. The first-order valence-electron chi connectivity index (χ1n) is 15.1. The summed E-state index contributed by atoms with van der Waals surface area (Å²) in [5.74, 6) is -1.55. The van der Waals surface area contributed by atoms with Crippen LogP contribution in [0.4, 0.5) is 27.6 Å². The Bertz CT molecular complexity index is 1640. The van der Waals surface area contributed by atoms with Gasteiger partial charge in [0.05, 0.1) is 17.5 Å². The van der Waals surface area contributed by atoms with Crippen molar-refractivity contribution >= 4 is 23.4 Å². The molecular weight excluding hydrogens is 631 g/mol. The molecule has 0 atom stereocenters. The monoisotopic (exact) mass is 666 g/mol. The van der Waals surface area contributed by atoms with Crippen molar-refractivity contribution in [1.29, 1.82) is 0 Å². The van der Waals surface area contributed by atoms with Crippen LogP contribution in [0.15, 0.2) is 30.6 Å². The number of piperidine rings is 1. The van der Waals surface area contributed by atoms with Crippen LogP contribution in [-0.4, -0.2) is 103 Å². The largest absolute Gasteiger partial charge is 0.435 e. The molecule has 1 aromatic carbocycles. The van der Waals surface area contributed by atoms with Gasteiger partial charge in [-0.25, -0.2) is 13.8 Å². The van der Waals surface area contributed by atoms with E-state index in [0.29, 0.717) is 80.0 Å². The van der Waals surface area contributed by atoms with Crippen LogP contribution in [0, 0.1) is 0 Å². The highest BCUT2D eigenvalue weighted by Crippen LogP contribution is 2.36. The van der Waals surface area contributed by atoms with Gasteiger partial charge in [-0.3, -0.25) is 19.1 Å². The number of aryl methyl sites for hydroxylation is 1. The molecule has 0 bridgehead atoms. The Kier molecular flexibility index (Phi) is 9.68. The van der Waals surface area contributed by atoms with Crippen LogP contribution in [-0.2, 0) is 31.0 Å². The zero-order valence-electron chi connectivity index (χ0n) is 25.8. The summed E-state index contributed by atoms with van der Waals surface area (Å²) in [7, 11) is 1.32. The highest BCUT2D eigenvalue weighted by atomic mass is 19.4. The van der Waals surface area contributed by atoms with Gasteiger partial charge < -0.3 is 30.1 Å². The Morgan fingerprint density at radius 1 is 1.09 bits per heavy atom. The number of piperazine rings is 1. The molecule has 5 rings (SSSR count). The van der Waals surface area contributed by atoms with E-state index in [2.05, 4.69) is 20.7 Å². The molecule has 0 saturated carbocycles. The zero-order chi connectivity index (χ0) is 34.1. The lowest BCUT2D eigenvalue weighted by atomic mass is 9.90. The topological polar surface area (TPSA) is 138 Å². The molecular formula is C30H35F5N8O4. The fraction of sp³-hybridized carbons (Fsp3) is 0.500. The van der Waals surface area contributed by atoms with Gasteiger partial charge in [0.2, 0.25) is 0 Å². The van der Waals surface area contributed by atoms with Crippen molar-refractivity contribution in [2.24, 2.45) is 7.05 Å². The normalized spacial score (nSPS) is 16.9. The molecule has 47 heavy (non-hydrogen) atoms. The molecule has 254 valence electrons. The number of aliphatic hydroxyl groups is 1. The Hall–Kier alpha value is -4.38. The van der Waals surface area contributed by atoms with Gasteiger partial charge in [0.25, 0.3) is 24.1 Å². The van der Waals surface area contributed by atoms with Crippen molar-refractivity contribution in [3.05, 3.63) is 53.2 Å². The first kappa shape index (κ1) is 34.0. The average Bonchev–Trinajstić information content (AvgIpc) is 3.63. The molecule has 4 heterocycles. The van der Waals surface area contributed by atoms with Crippen molar-refractivity contribution in [2.75, 3.05) is 44.6 Å². The molecule has 2 aromatic heterocycles. The van der Waals surface area contributed by atoms with Gasteiger partial charge in [-0.15, -0.1) is 0 Å². The number of halogens is 5. The number of aromatic nitrogens is 4. The molecule has 2 saturated heterocycles. The number of carbonyl (C=O) groups is 3. The van der Waals surface area contributed by atoms with Crippen molar-refractivity contribution in [3.8, 4) is 11.3 Å². The van der Waals surface area contributed by atoms with Crippen LogP contribution in [0.25, 0.3) is 11.3 Å². The van der Waals surface area contributed by atoms with Gasteiger partial charge in [-0.2, -0.15) is 18.3 Å². The Balaban J connectivity index is 1.27. The van der Waals surface area contributed by atoms with Crippen LogP contribution >= 0.6 is 0 Å². The molecule has 3 N–H and O–H groups in total. The summed E-state index contributed by atoms with van der Waals surface area (Å²) in [5, 5.41) is 19.9. The Morgan fingerprint density at radius 2 is 1.74 bits per heavy atom. The highest BCUT2D eigenvalue weighted by Gasteiger charge is 2.41. The number of benzene rings is 1. The van der Waals surface area contributed by atoms with E-state index in [1.54, 1.807) is 21.9 Å². The first-order valence-corrected chi connectivity index (χ1v) is 15.1. The third-order valence-corrected chi connectivity index (χ3v) is 8.48. The first-order chi connectivity index (χ1) is 22.2. The Labute approximate surface area is 266 Å². The van der Waals surface area contributed by atoms with E-state index in [1.807, 2.05) is 6.92 Å². The van der Waals surface area contributed by atoms with Crippen LogP contribution in [0.5, 0.6) is 0 Å². The van der Waals surface area contributed by atoms with Crippen LogP contribution in [0.2, 0.25) is 0 Å². The number of carbonyl (C=O) groups excluding carboxylic acids is 3. The van der Waals surface area contributed by atoms with E-state index in [0.717, 1.165) is 17.0 Å². The number of imidazole rings is 1. The maximum absolute atomic E-state index is 13.7. The van der Waals surface area contributed by atoms with Gasteiger partial charge in [0.15, 0.2) is 11.5 Å². The van der Waals surface area contributed by atoms with E-state index in [1.165, 1.54) is 13.1 Å². The number of anilines is 1. The SMILES string of the molecule is CCc1cc(NC(=O)c2ncc(-c3cn(CC(F)F)nc3C(F)(F)F)n2C)ccc1C(=O)N1CCN(C(=O)C2(O)CCNCC2)CC1. The van der Waals surface area contributed by atoms with Gasteiger partial charge in [-0.1, -0.05) is 6.92 Å². The molecule has 0 unspecified atom stereocenters. The second-order valence-corrected chi connectivity index (χ2v) is 11.6. The van der Waals surface area contributed by atoms with Gasteiger partial charge >= 0.3 is 6.18 Å². The van der Waals surface area contributed by atoms with Gasteiger partial charge in [0, 0.05) is 50.7 Å². The smallest absolute Gasteiger partial charge is 0.380 e. The fourth-order valence-corrected chi connectivity index (χ4v) is 5.92. The molecule has 3 aromatic rings. The maximum atomic E-state index is 13.7. The quantitative estimate of drug-likeness (QED) is 0.315. The number of nitrogens with zero attached hydrogens (tertiary/aromatic N) is 6. The lowest BCUT2D eigenvalue weighted by Gasteiger charge is -2.40. The average molecular weight is 667 g/mol. The van der Waals surface area contributed by atoms with Crippen molar-refractivity contribution in [3.63, 3.8) is 0 Å².